The summed E-state index contributed by atoms with van der Waals surface area (Å²) in [5.74, 6) is 1.14. The Kier molecular flexibility index (Phi) is 4.03. The molecule has 3 rings (SSSR count). The maximum Gasteiger partial charge on any atom is 0.162 e. The summed E-state index contributed by atoms with van der Waals surface area (Å²) >= 11 is 0. The van der Waals surface area contributed by atoms with Crippen molar-refractivity contribution in [2.24, 2.45) is 0 Å². The van der Waals surface area contributed by atoms with Gasteiger partial charge in [-0.1, -0.05) is 13.8 Å². The standard InChI is InChI=1S/C18H24O3/c1-18(2)12-21-17-9-6-13(11-15(17)18)16(19)8-7-14-5-3-4-10-20-14/h6,9,11,14H,3-5,7-8,10,12H2,1-2H3. The van der Waals surface area contributed by atoms with E-state index in [9.17, 15) is 4.79 Å². The maximum atomic E-state index is 12.4. The molecule has 0 radical (unpaired) electrons. The van der Waals surface area contributed by atoms with Crippen LogP contribution in [0.25, 0.3) is 0 Å². The number of hydrogen-bond acceptors (Lipinski definition) is 3. The molecule has 0 N–H and O–H groups in total. The van der Waals surface area contributed by atoms with E-state index in [-0.39, 0.29) is 17.3 Å². The summed E-state index contributed by atoms with van der Waals surface area (Å²) in [6.45, 7) is 5.85. The average Bonchev–Trinajstić information content (AvgIpc) is 2.81. The van der Waals surface area contributed by atoms with Crippen molar-refractivity contribution < 1.29 is 14.3 Å². The first-order chi connectivity index (χ1) is 10.1. The molecule has 0 amide bonds. The van der Waals surface area contributed by atoms with Crippen LogP contribution in [0.1, 0.15) is 61.9 Å². The van der Waals surface area contributed by atoms with Crippen molar-refractivity contribution in [3.63, 3.8) is 0 Å². The van der Waals surface area contributed by atoms with Gasteiger partial charge < -0.3 is 9.47 Å². The second-order valence-corrected chi connectivity index (χ2v) is 6.83. The van der Waals surface area contributed by atoms with Crippen LogP contribution in [0, 0.1) is 0 Å². The van der Waals surface area contributed by atoms with Crippen LogP contribution in [0.5, 0.6) is 5.75 Å². The van der Waals surface area contributed by atoms with Gasteiger partial charge in [0, 0.05) is 29.6 Å². The minimum absolute atomic E-state index is 0.00188. The van der Waals surface area contributed by atoms with Crippen molar-refractivity contribution in [2.75, 3.05) is 13.2 Å². The van der Waals surface area contributed by atoms with Gasteiger partial charge in [-0.2, -0.15) is 0 Å². The normalized spacial score (nSPS) is 23.4. The smallest absolute Gasteiger partial charge is 0.162 e. The lowest BCUT2D eigenvalue weighted by Crippen LogP contribution is -2.20. The van der Waals surface area contributed by atoms with Crippen molar-refractivity contribution in [1.29, 1.82) is 0 Å². The molecule has 0 aromatic heterocycles. The molecule has 1 aromatic carbocycles. The van der Waals surface area contributed by atoms with Crippen molar-refractivity contribution in [2.45, 2.75) is 57.5 Å². The van der Waals surface area contributed by atoms with Crippen LogP contribution >= 0.6 is 0 Å². The van der Waals surface area contributed by atoms with E-state index in [1.54, 1.807) is 0 Å². The Morgan fingerprint density at radius 1 is 1.33 bits per heavy atom. The first-order valence-corrected chi connectivity index (χ1v) is 7.98. The van der Waals surface area contributed by atoms with Gasteiger partial charge in [0.05, 0.1) is 12.7 Å². The summed E-state index contributed by atoms with van der Waals surface area (Å²) in [5.41, 5.74) is 1.96. The van der Waals surface area contributed by atoms with Gasteiger partial charge in [0.2, 0.25) is 0 Å². The zero-order chi connectivity index (χ0) is 14.9. The molecule has 3 nitrogen and oxygen atoms in total. The highest BCUT2D eigenvalue weighted by Gasteiger charge is 2.32. The second-order valence-electron chi connectivity index (χ2n) is 6.83. The molecule has 1 atom stereocenters. The number of ketones is 1. The van der Waals surface area contributed by atoms with Crippen LogP contribution in [0.15, 0.2) is 18.2 Å². The third kappa shape index (κ3) is 3.13. The molecule has 2 aliphatic rings. The van der Waals surface area contributed by atoms with Gasteiger partial charge in [-0.3, -0.25) is 4.79 Å². The van der Waals surface area contributed by atoms with Gasteiger partial charge >= 0.3 is 0 Å². The van der Waals surface area contributed by atoms with E-state index < -0.39 is 0 Å². The Morgan fingerprint density at radius 2 is 2.19 bits per heavy atom. The quantitative estimate of drug-likeness (QED) is 0.789. The maximum absolute atomic E-state index is 12.4. The SMILES string of the molecule is CC1(C)COc2ccc(C(=O)CCC3CCCCO3)cc21. The molecular formula is C18H24O3. The first-order valence-electron chi connectivity index (χ1n) is 7.98. The topological polar surface area (TPSA) is 35.5 Å². The first kappa shape index (κ1) is 14.6. The van der Waals surface area contributed by atoms with E-state index in [0.717, 1.165) is 42.7 Å². The number of hydrogen-bond donors (Lipinski definition) is 0. The number of fused-ring (bicyclic) bond motifs is 1. The lowest BCUT2D eigenvalue weighted by molar-refractivity contribution is 0.0104. The van der Waals surface area contributed by atoms with Crippen LogP contribution < -0.4 is 4.74 Å². The largest absolute Gasteiger partial charge is 0.492 e. The van der Waals surface area contributed by atoms with E-state index in [0.29, 0.717) is 13.0 Å². The number of Topliss-reactive ketones (excluding diaryl/α,β-unsaturated/α-hetero) is 1. The molecule has 114 valence electrons. The molecule has 3 heteroatoms. The van der Waals surface area contributed by atoms with Crippen molar-refractivity contribution in [1.82, 2.24) is 0 Å². The van der Waals surface area contributed by atoms with Gasteiger partial charge in [-0.25, -0.2) is 0 Å². The minimum atomic E-state index is -0.00188. The van der Waals surface area contributed by atoms with Gasteiger partial charge in [-0.15, -0.1) is 0 Å². The lowest BCUT2D eigenvalue weighted by Gasteiger charge is -2.22. The van der Waals surface area contributed by atoms with Gasteiger partial charge in [0.25, 0.3) is 0 Å². The predicted molar refractivity (Wildman–Crippen MR) is 82.1 cm³/mol. The van der Waals surface area contributed by atoms with Gasteiger partial charge in [0.15, 0.2) is 5.78 Å². The minimum Gasteiger partial charge on any atom is -0.492 e. The Bertz CT molecular complexity index is 527. The highest BCUT2D eigenvalue weighted by Crippen LogP contribution is 2.38. The van der Waals surface area contributed by atoms with E-state index in [4.69, 9.17) is 9.47 Å². The summed E-state index contributed by atoms with van der Waals surface area (Å²) in [7, 11) is 0. The molecule has 2 heterocycles. The lowest BCUT2D eigenvalue weighted by atomic mass is 9.85. The summed E-state index contributed by atoms with van der Waals surface area (Å²) in [6.07, 6.45) is 5.17. The number of benzene rings is 1. The van der Waals surface area contributed by atoms with Gasteiger partial charge in [-0.05, 0) is 43.9 Å². The molecule has 1 aromatic rings. The number of rotatable bonds is 4. The van der Waals surface area contributed by atoms with Crippen LogP contribution in [-0.4, -0.2) is 25.1 Å². The van der Waals surface area contributed by atoms with Crippen LogP contribution in [0.4, 0.5) is 0 Å². The van der Waals surface area contributed by atoms with E-state index in [2.05, 4.69) is 13.8 Å². The fourth-order valence-electron chi connectivity index (χ4n) is 3.17. The molecule has 1 unspecified atom stereocenters. The highest BCUT2D eigenvalue weighted by atomic mass is 16.5. The van der Waals surface area contributed by atoms with Crippen molar-refractivity contribution in [3.05, 3.63) is 29.3 Å². The fraction of sp³-hybridized carbons (Fsp3) is 0.611. The molecule has 21 heavy (non-hydrogen) atoms. The second kappa shape index (κ2) is 5.80. The molecule has 0 bridgehead atoms. The Labute approximate surface area is 126 Å². The fourth-order valence-corrected chi connectivity index (χ4v) is 3.17. The zero-order valence-electron chi connectivity index (χ0n) is 13.0. The summed E-state index contributed by atoms with van der Waals surface area (Å²) in [5, 5.41) is 0. The zero-order valence-corrected chi connectivity index (χ0v) is 13.0. The molecular weight excluding hydrogens is 264 g/mol. The van der Waals surface area contributed by atoms with E-state index >= 15 is 0 Å². The summed E-state index contributed by atoms with van der Waals surface area (Å²) < 4.78 is 11.4. The molecule has 2 aliphatic heterocycles. The van der Waals surface area contributed by atoms with Gasteiger partial charge in [0.1, 0.15) is 5.75 Å². The van der Waals surface area contributed by atoms with E-state index in [1.807, 2.05) is 18.2 Å². The number of carbonyl (C=O) groups is 1. The van der Waals surface area contributed by atoms with Crippen LogP contribution in [0.2, 0.25) is 0 Å². The van der Waals surface area contributed by atoms with Crippen LogP contribution in [-0.2, 0) is 10.2 Å². The monoisotopic (exact) mass is 288 g/mol. The molecule has 1 fully saturated rings. The average molecular weight is 288 g/mol. The van der Waals surface area contributed by atoms with Crippen molar-refractivity contribution >= 4 is 5.78 Å². The molecule has 0 spiro atoms. The summed E-state index contributed by atoms with van der Waals surface area (Å²) in [4.78, 5) is 12.4. The third-order valence-electron chi connectivity index (χ3n) is 4.59. The van der Waals surface area contributed by atoms with E-state index in [1.165, 1.54) is 6.42 Å². The number of carbonyl (C=O) groups excluding carboxylic acids is 1. The Balaban J connectivity index is 1.65. The Hall–Kier alpha value is -1.35. The molecule has 0 saturated carbocycles. The highest BCUT2D eigenvalue weighted by molar-refractivity contribution is 5.96. The van der Waals surface area contributed by atoms with Crippen LogP contribution in [0.3, 0.4) is 0 Å². The molecule has 0 aliphatic carbocycles. The summed E-state index contributed by atoms with van der Waals surface area (Å²) in [6, 6.07) is 5.85. The Morgan fingerprint density at radius 3 is 2.95 bits per heavy atom. The molecule has 1 saturated heterocycles. The predicted octanol–water partition coefficient (Wildman–Crippen LogP) is 3.89. The van der Waals surface area contributed by atoms with Crippen molar-refractivity contribution in [3.8, 4) is 5.75 Å². The third-order valence-corrected chi connectivity index (χ3v) is 4.59. The number of ether oxygens (including phenoxy) is 2.